The second kappa shape index (κ2) is 11.3. The third-order valence-corrected chi connectivity index (χ3v) is 5.80. The number of hydrogen-bond acceptors (Lipinski definition) is 5. The van der Waals surface area contributed by atoms with Crippen LogP contribution in [0.2, 0.25) is 0 Å². The van der Waals surface area contributed by atoms with E-state index in [0.717, 1.165) is 54.7 Å². The van der Waals surface area contributed by atoms with Crippen LogP contribution in [0, 0.1) is 0 Å². The van der Waals surface area contributed by atoms with Crippen LogP contribution in [-0.4, -0.2) is 47.8 Å². The predicted molar refractivity (Wildman–Crippen MR) is 130 cm³/mol. The highest BCUT2D eigenvalue weighted by atomic mass is 16.6. The van der Waals surface area contributed by atoms with Gasteiger partial charge in [-0.15, -0.1) is 0 Å². The molecule has 176 valence electrons. The van der Waals surface area contributed by atoms with Crippen molar-refractivity contribution in [3.63, 3.8) is 0 Å². The van der Waals surface area contributed by atoms with Crippen LogP contribution < -0.4 is 10.1 Å². The summed E-state index contributed by atoms with van der Waals surface area (Å²) in [6.07, 6.45) is 7.40. The van der Waals surface area contributed by atoms with Gasteiger partial charge < -0.3 is 19.7 Å². The number of carbonyl (C=O) groups is 1. The van der Waals surface area contributed by atoms with E-state index in [-0.39, 0.29) is 19.6 Å². The average molecular weight is 442 g/mol. The second-order valence-corrected chi connectivity index (χ2v) is 9.24. The first kappa shape index (κ1) is 25.7. The molecule has 1 amide bonds. The van der Waals surface area contributed by atoms with E-state index in [4.69, 9.17) is 9.47 Å². The number of ether oxygens (including phenoxy) is 2. The molecule has 0 unspecified atom stereocenters. The summed E-state index contributed by atoms with van der Waals surface area (Å²) in [7, 11) is 3.56. The Kier molecular flexibility index (Phi) is 9.08. The van der Waals surface area contributed by atoms with Crippen LogP contribution in [0.5, 0.6) is 5.75 Å². The minimum atomic E-state index is -0.464. The van der Waals surface area contributed by atoms with E-state index in [1.54, 1.807) is 12.0 Å². The maximum absolute atomic E-state index is 12.3. The monoisotopic (exact) mass is 441 g/mol. The number of benzene rings is 1. The van der Waals surface area contributed by atoms with Gasteiger partial charge in [0.25, 0.3) is 0 Å². The van der Waals surface area contributed by atoms with Crippen molar-refractivity contribution in [3.05, 3.63) is 48.3 Å². The van der Waals surface area contributed by atoms with Crippen LogP contribution >= 0.6 is 0 Å². The van der Waals surface area contributed by atoms with E-state index < -0.39 is 5.60 Å². The summed E-state index contributed by atoms with van der Waals surface area (Å²) in [6, 6.07) is 11.0. The number of aromatic nitrogens is 1. The van der Waals surface area contributed by atoms with Gasteiger partial charge in [0.15, 0.2) is 0 Å². The van der Waals surface area contributed by atoms with Gasteiger partial charge in [-0.1, -0.05) is 13.5 Å². The standard InChI is InChI=1S/C25H35N3O3.CH4/c1-25(2,3)31-24(29)28(4)22-9-7-21(8-10-22)27-17-20-16-19(6-11-23(20)30-5)18-12-14-26-15-13-18;/h6,11-16,21-22,27H,7-10,17H2,1-5H3;1H4. The van der Waals surface area contributed by atoms with E-state index in [0.29, 0.717) is 6.04 Å². The van der Waals surface area contributed by atoms with E-state index in [1.165, 1.54) is 0 Å². The molecule has 0 spiro atoms. The summed E-state index contributed by atoms with van der Waals surface area (Å²) in [5.74, 6) is 0.892. The van der Waals surface area contributed by atoms with Crippen LogP contribution in [0.1, 0.15) is 59.4 Å². The predicted octanol–water partition coefficient (Wildman–Crippen LogP) is 5.66. The minimum Gasteiger partial charge on any atom is -0.496 e. The van der Waals surface area contributed by atoms with Gasteiger partial charge in [0, 0.05) is 43.6 Å². The zero-order valence-corrected chi connectivity index (χ0v) is 19.4. The lowest BCUT2D eigenvalue weighted by atomic mass is 9.90. The largest absolute Gasteiger partial charge is 0.496 e. The Hall–Kier alpha value is -2.60. The number of nitrogens with one attached hydrogen (secondary N) is 1. The molecular weight excluding hydrogens is 402 g/mol. The lowest BCUT2D eigenvalue weighted by molar-refractivity contribution is 0.0179. The molecule has 1 saturated carbocycles. The van der Waals surface area contributed by atoms with E-state index >= 15 is 0 Å². The molecule has 1 fully saturated rings. The summed E-state index contributed by atoms with van der Waals surface area (Å²) in [6.45, 7) is 6.45. The average Bonchev–Trinajstić information content (AvgIpc) is 2.76. The van der Waals surface area contributed by atoms with Crippen LogP contribution in [0.15, 0.2) is 42.7 Å². The van der Waals surface area contributed by atoms with Gasteiger partial charge in [-0.25, -0.2) is 4.79 Å². The highest BCUT2D eigenvalue weighted by molar-refractivity contribution is 5.68. The molecule has 0 radical (unpaired) electrons. The molecule has 0 saturated heterocycles. The Morgan fingerprint density at radius 1 is 1.09 bits per heavy atom. The molecule has 6 nitrogen and oxygen atoms in total. The minimum absolute atomic E-state index is 0. The number of carbonyl (C=O) groups excluding carboxylic acids is 1. The van der Waals surface area contributed by atoms with Crippen molar-refractivity contribution in [2.45, 2.75) is 78.1 Å². The van der Waals surface area contributed by atoms with E-state index in [9.17, 15) is 4.79 Å². The van der Waals surface area contributed by atoms with E-state index in [2.05, 4.69) is 22.4 Å². The van der Waals surface area contributed by atoms with Crippen LogP contribution in [0.25, 0.3) is 11.1 Å². The van der Waals surface area contributed by atoms with E-state index in [1.807, 2.05) is 58.4 Å². The van der Waals surface area contributed by atoms with Crippen molar-refractivity contribution in [2.24, 2.45) is 0 Å². The molecule has 1 aromatic carbocycles. The molecule has 32 heavy (non-hydrogen) atoms. The molecule has 0 atom stereocenters. The fourth-order valence-electron chi connectivity index (χ4n) is 4.05. The van der Waals surface area contributed by atoms with Gasteiger partial charge in [0.2, 0.25) is 0 Å². The third-order valence-electron chi connectivity index (χ3n) is 5.80. The van der Waals surface area contributed by atoms with Gasteiger partial charge in [-0.2, -0.15) is 0 Å². The molecule has 0 aliphatic heterocycles. The molecule has 0 bridgehead atoms. The van der Waals surface area contributed by atoms with Crippen molar-refractivity contribution in [3.8, 4) is 16.9 Å². The maximum Gasteiger partial charge on any atom is 0.410 e. The highest BCUT2D eigenvalue weighted by Crippen LogP contribution is 2.28. The summed E-state index contributed by atoms with van der Waals surface area (Å²) in [5, 5.41) is 3.69. The zero-order valence-electron chi connectivity index (χ0n) is 19.4. The van der Waals surface area contributed by atoms with Crippen molar-refractivity contribution in [1.29, 1.82) is 0 Å². The third kappa shape index (κ3) is 6.95. The lowest BCUT2D eigenvalue weighted by Crippen LogP contribution is -2.44. The number of pyridine rings is 1. The normalized spacial score (nSPS) is 18.4. The van der Waals surface area contributed by atoms with Gasteiger partial charge in [-0.05, 0) is 81.8 Å². The summed E-state index contributed by atoms with van der Waals surface area (Å²) >= 11 is 0. The molecule has 1 heterocycles. The Bertz CT molecular complexity index is 856. The summed E-state index contributed by atoms with van der Waals surface area (Å²) < 4.78 is 11.1. The number of rotatable bonds is 6. The van der Waals surface area contributed by atoms with Crippen molar-refractivity contribution < 1.29 is 14.3 Å². The van der Waals surface area contributed by atoms with Crippen molar-refractivity contribution in [2.75, 3.05) is 14.2 Å². The fraction of sp³-hybridized carbons (Fsp3) is 0.538. The first-order chi connectivity index (χ1) is 14.8. The quantitative estimate of drug-likeness (QED) is 0.626. The number of nitrogens with zero attached hydrogens (tertiary/aromatic N) is 2. The Morgan fingerprint density at radius 3 is 2.34 bits per heavy atom. The first-order valence-electron chi connectivity index (χ1n) is 11.0. The maximum atomic E-state index is 12.3. The number of hydrogen-bond donors (Lipinski definition) is 1. The molecule has 1 aromatic heterocycles. The smallest absolute Gasteiger partial charge is 0.410 e. The van der Waals surface area contributed by atoms with Crippen molar-refractivity contribution >= 4 is 6.09 Å². The Morgan fingerprint density at radius 2 is 1.75 bits per heavy atom. The van der Waals surface area contributed by atoms with Crippen LogP contribution in [0.4, 0.5) is 4.79 Å². The van der Waals surface area contributed by atoms with Gasteiger partial charge in [0.1, 0.15) is 11.4 Å². The van der Waals surface area contributed by atoms with Gasteiger partial charge in [-0.3, -0.25) is 4.98 Å². The SMILES string of the molecule is C.COc1ccc(-c2ccncc2)cc1CNC1CCC(N(C)C(=O)OC(C)(C)C)CC1. The van der Waals surface area contributed by atoms with Gasteiger partial charge >= 0.3 is 6.09 Å². The molecule has 2 aromatic rings. The molecular formula is C26H39N3O3. The number of methoxy groups -OCH3 is 1. The fourth-order valence-corrected chi connectivity index (χ4v) is 4.05. The lowest BCUT2D eigenvalue weighted by Gasteiger charge is -2.36. The molecule has 1 aliphatic rings. The van der Waals surface area contributed by atoms with Crippen LogP contribution in [0.3, 0.4) is 0 Å². The van der Waals surface area contributed by atoms with Crippen molar-refractivity contribution in [1.82, 2.24) is 15.2 Å². The Labute approximate surface area is 193 Å². The zero-order chi connectivity index (χ0) is 22.4. The highest BCUT2D eigenvalue weighted by Gasteiger charge is 2.29. The molecule has 3 rings (SSSR count). The molecule has 1 aliphatic carbocycles. The summed E-state index contributed by atoms with van der Waals surface area (Å²) in [5.41, 5.74) is 2.98. The second-order valence-electron chi connectivity index (χ2n) is 9.24. The first-order valence-corrected chi connectivity index (χ1v) is 11.0. The number of amides is 1. The molecule has 1 N–H and O–H groups in total. The Balaban J connectivity index is 0.00000363. The summed E-state index contributed by atoms with van der Waals surface area (Å²) in [4.78, 5) is 18.2. The van der Waals surface area contributed by atoms with Gasteiger partial charge in [0.05, 0.1) is 7.11 Å². The molecule has 6 heteroatoms. The van der Waals surface area contributed by atoms with Crippen LogP contribution in [-0.2, 0) is 11.3 Å². The topological polar surface area (TPSA) is 63.7 Å².